The Morgan fingerprint density at radius 3 is 1.49 bits per heavy atom. The van der Waals surface area contributed by atoms with Crippen LogP contribution in [0, 0.1) is 0 Å². The molecule has 0 radical (unpaired) electrons. The quantitative estimate of drug-likeness (QED) is 0.229. The van der Waals surface area contributed by atoms with E-state index in [4.69, 9.17) is 19.9 Å². The molecule has 0 aliphatic heterocycles. The molecule has 0 aliphatic carbocycles. The van der Waals surface area contributed by atoms with Crippen molar-refractivity contribution in [2.75, 3.05) is 11.1 Å². The van der Waals surface area contributed by atoms with E-state index in [9.17, 15) is 14.4 Å². The van der Waals surface area contributed by atoms with E-state index >= 15 is 0 Å². The summed E-state index contributed by atoms with van der Waals surface area (Å²) in [6, 6.07) is 0. The van der Waals surface area contributed by atoms with Gasteiger partial charge < -0.3 is 24.7 Å². The molecule has 2 aromatic rings. The number of aromatic amines is 2. The number of nitrogen functional groups attached to an aromatic ring is 1. The summed E-state index contributed by atoms with van der Waals surface area (Å²) < 4.78 is 18.8. The average molecular weight is 501 g/mol. The summed E-state index contributed by atoms with van der Waals surface area (Å²) in [7, 11) is 0. The number of carbonyl (C=O) groups excluding carboxylic acids is 3. The maximum Gasteiger partial charge on any atom is 0.519 e. The monoisotopic (exact) mass is 500 g/mol. The van der Waals surface area contributed by atoms with Gasteiger partial charge in [0.25, 0.3) is 0 Å². The molecule has 2 rings (SSSR count). The van der Waals surface area contributed by atoms with Gasteiger partial charge in [0, 0.05) is 12.4 Å². The molecule has 0 unspecified atom stereocenters. The molecule has 200 valence electrons. The van der Waals surface area contributed by atoms with E-state index in [0.29, 0.717) is 11.4 Å². The zero-order valence-electron chi connectivity index (χ0n) is 21.1. The highest BCUT2D eigenvalue weighted by atomic mass is 16.8. The molecule has 1 amide bonds. The maximum absolute atomic E-state index is 11.2. The second kappa shape index (κ2) is 14.5. The van der Waals surface area contributed by atoms with Crippen LogP contribution in [0.25, 0.3) is 0 Å². The van der Waals surface area contributed by atoms with Crippen LogP contribution in [0.5, 0.6) is 0 Å². The number of ether oxygens (including phenoxy) is 4. The van der Waals surface area contributed by atoms with Gasteiger partial charge in [-0.05, 0) is 62.3 Å². The van der Waals surface area contributed by atoms with Crippen molar-refractivity contribution < 1.29 is 33.3 Å². The molecule has 0 fully saturated rings. The number of nitrogens with zero attached hydrogens (tertiary/aromatic N) is 2. The first-order valence-corrected chi connectivity index (χ1v) is 10.2. The number of rotatable bonds is 1. The molecule has 0 aromatic carbocycles. The van der Waals surface area contributed by atoms with E-state index in [-0.39, 0.29) is 7.43 Å². The van der Waals surface area contributed by atoms with Gasteiger partial charge in [0.1, 0.15) is 16.8 Å². The Hall–Kier alpha value is -3.77. The Kier molecular flexibility index (Phi) is 13.8. The number of hydrogen-bond donors (Lipinski definition) is 4. The number of carbonyl (C=O) groups is 3. The first-order chi connectivity index (χ1) is 15.4. The van der Waals surface area contributed by atoms with Gasteiger partial charge in [-0.3, -0.25) is 15.5 Å². The van der Waals surface area contributed by atoms with E-state index in [1.165, 1.54) is 6.20 Å². The van der Waals surface area contributed by atoms with Gasteiger partial charge >= 0.3 is 18.4 Å². The lowest BCUT2D eigenvalue weighted by Crippen LogP contribution is -2.29. The molecule has 13 heteroatoms. The first kappa shape index (κ1) is 33.4. The summed E-state index contributed by atoms with van der Waals surface area (Å²) in [6.45, 7) is 15.4. The number of anilines is 2. The van der Waals surface area contributed by atoms with Crippen LogP contribution in [0.1, 0.15) is 69.7 Å². The summed E-state index contributed by atoms with van der Waals surface area (Å²) >= 11 is 0. The van der Waals surface area contributed by atoms with E-state index in [0.717, 1.165) is 0 Å². The molecule has 0 saturated carbocycles. The molecule has 0 spiro atoms. The minimum atomic E-state index is -1.06. The van der Waals surface area contributed by atoms with Crippen LogP contribution in [0.3, 0.4) is 0 Å². The molecular weight excluding hydrogens is 460 g/mol. The van der Waals surface area contributed by atoms with Crippen LogP contribution in [0.4, 0.5) is 25.8 Å². The fraction of sp³-hybridized carbons (Fsp3) is 0.591. The lowest BCUT2D eigenvalue weighted by molar-refractivity contribution is -0.0294. The normalized spacial score (nSPS) is 10.7. The Balaban J connectivity index is 0. The number of hydrogen-bond acceptors (Lipinski definition) is 10. The van der Waals surface area contributed by atoms with Crippen LogP contribution in [-0.4, -0.2) is 55.6 Å². The minimum Gasteiger partial charge on any atom is -0.444 e. The van der Waals surface area contributed by atoms with Crippen molar-refractivity contribution in [3.05, 3.63) is 24.8 Å². The summed E-state index contributed by atoms with van der Waals surface area (Å²) in [5.41, 5.74) is 4.58. The predicted octanol–water partition coefficient (Wildman–Crippen LogP) is 5.26. The Labute approximate surface area is 206 Å². The molecule has 35 heavy (non-hydrogen) atoms. The van der Waals surface area contributed by atoms with Crippen molar-refractivity contribution in [3.63, 3.8) is 0 Å². The fourth-order valence-electron chi connectivity index (χ4n) is 1.61. The summed E-state index contributed by atoms with van der Waals surface area (Å²) in [4.78, 5) is 33.2. The lowest BCUT2D eigenvalue weighted by Gasteiger charge is -2.20. The molecule has 0 atom stereocenters. The third-order valence-corrected chi connectivity index (χ3v) is 2.61. The van der Waals surface area contributed by atoms with Crippen molar-refractivity contribution in [1.29, 1.82) is 0 Å². The predicted molar refractivity (Wildman–Crippen MR) is 132 cm³/mol. The van der Waals surface area contributed by atoms with Gasteiger partial charge in [-0.15, -0.1) is 0 Å². The largest absolute Gasteiger partial charge is 0.519 e. The topological polar surface area (TPSA) is 184 Å². The molecule has 0 saturated heterocycles. The van der Waals surface area contributed by atoms with Gasteiger partial charge in [-0.2, -0.15) is 10.2 Å². The Bertz CT molecular complexity index is 836. The third kappa shape index (κ3) is 21.8. The first-order valence-electron chi connectivity index (χ1n) is 10.2. The standard InChI is InChI=1S/C10H18O5.C8H13N3O2.C3H5N3.CH4/c1-9(2,3)14-7(11)13-8(12)15-10(4,5)6;1-8(2,3)13-7(12)11-6-4-9-10-5-6;4-3-1-5-6-2-3;/h1-6H3;4-5H,1-3H3,(H,9,10)(H,11,12);1-2H,4H2,(H,5,6);1H4. The van der Waals surface area contributed by atoms with Crippen molar-refractivity contribution in [2.45, 2.75) is 86.5 Å². The van der Waals surface area contributed by atoms with Crippen LogP contribution in [0.2, 0.25) is 0 Å². The van der Waals surface area contributed by atoms with Crippen molar-refractivity contribution in [2.24, 2.45) is 0 Å². The van der Waals surface area contributed by atoms with E-state index in [2.05, 4.69) is 30.4 Å². The molecule has 13 nitrogen and oxygen atoms in total. The number of aromatic nitrogens is 4. The van der Waals surface area contributed by atoms with Gasteiger partial charge in [0.2, 0.25) is 0 Å². The summed E-state index contributed by atoms with van der Waals surface area (Å²) in [5.74, 6) is 0. The summed E-state index contributed by atoms with van der Waals surface area (Å²) in [5, 5.41) is 14.9. The second-order valence-corrected chi connectivity index (χ2v) is 9.68. The highest BCUT2D eigenvalue weighted by Gasteiger charge is 2.24. The molecular formula is C22H40N6O7. The molecule has 0 aliphatic rings. The third-order valence-electron chi connectivity index (χ3n) is 2.61. The number of amides is 1. The van der Waals surface area contributed by atoms with E-state index < -0.39 is 35.2 Å². The maximum atomic E-state index is 11.2. The zero-order chi connectivity index (χ0) is 26.6. The van der Waals surface area contributed by atoms with Crippen molar-refractivity contribution in [3.8, 4) is 0 Å². The van der Waals surface area contributed by atoms with Crippen LogP contribution in [0.15, 0.2) is 24.8 Å². The number of nitrogens with one attached hydrogen (secondary N) is 3. The SMILES string of the molecule is C.CC(C)(C)OC(=O)Nc1cn[nH]c1.CC(C)(C)OC(=O)OC(=O)OC(C)(C)C.Nc1cn[nH]c1. The Morgan fingerprint density at radius 1 is 0.771 bits per heavy atom. The van der Waals surface area contributed by atoms with Crippen molar-refractivity contribution >= 4 is 29.8 Å². The van der Waals surface area contributed by atoms with Crippen molar-refractivity contribution in [1.82, 2.24) is 20.4 Å². The fourth-order valence-corrected chi connectivity index (χ4v) is 1.61. The number of H-pyrrole nitrogens is 2. The molecule has 2 heterocycles. The van der Waals surface area contributed by atoms with Crippen LogP contribution in [-0.2, 0) is 18.9 Å². The lowest BCUT2D eigenvalue weighted by atomic mass is 10.2. The summed E-state index contributed by atoms with van der Waals surface area (Å²) in [6.07, 6.45) is 3.66. The highest BCUT2D eigenvalue weighted by Crippen LogP contribution is 2.12. The average Bonchev–Trinajstić information content (AvgIpc) is 3.24. The zero-order valence-corrected chi connectivity index (χ0v) is 21.1. The molecule has 0 bridgehead atoms. The number of nitrogens with two attached hydrogens (primary N) is 1. The highest BCUT2D eigenvalue weighted by molar-refractivity contribution is 5.84. The Morgan fingerprint density at radius 2 is 1.20 bits per heavy atom. The smallest absolute Gasteiger partial charge is 0.444 e. The van der Waals surface area contributed by atoms with Gasteiger partial charge in [-0.1, -0.05) is 7.43 Å². The van der Waals surface area contributed by atoms with E-state index in [1.54, 1.807) is 60.1 Å². The second-order valence-electron chi connectivity index (χ2n) is 9.68. The van der Waals surface area contributed by atoms with Gasteiger partial charge in [-0.25, -0.2) is 14.4 Å². The van der Waals surface area contributed by atoms with Gasteiger partial charge in [0.05, 0.1) is 23.8 Å². The molecule has 2 aromatic heterocycles. The van der Waals surface area contributed by atoms with Gasteiger partial charge in [0.15, 0.2) is 0 Å². The minimum absolute atomic E-state index is 0. The van der Waals surface area contributed by atoms with E-state index in [1.807, 2.05) is 20.8 Å². The van der Waals surface area contributed by atoms with Crippen LogP contribution >= 0.6 is 0 Å². The van der Waals surface area contributed by atoms with Crippen LogP contribution < -0.4 is 11.1 Å². The molecule has 5 N–H and O–H groups in total.